The molecule has 1 aromatic carbocycles. The number of hydrogen-bond acceptors (Lipinski definition) is 3. The molecule has 4 aliphatic heterocycles. The molecule has 1 unspecified atom stereocenters. The van der Waals surface area contributed by atoms with Crippen molar-refractivity contribution < 1.29 is 19.3 Å². The predicted octanol–water partition coefficient (Wildman–Crippen LogP) is 0.948. The van der Waals surface area contributed by atoms with Gasteiger partial charge in [-0.15, -0.1) is 0 Å². The Labute approximate surface area is 162 Å². The fourth-order valence-corrected chi connectivity index (χ4v) is 6.24. The number of likely N-dealkylation sites (tertiary alicyclic amines) is 1. The van der Waals surface area contributed by atoms with Crippen LogP contribution in [0, 0.1) is 11.8 Å². The quantitative estimate of drug-likeness (QED) is 0.741. The van der Waals surface area contributed by atoms with E-state index in [9.17, 15) is 14.4 Å². The number of benzene rings is 1. The van der Waals surface area contributed by atoms with Crippen molar-refractivity contribution in [3.8, 4) is 0 Å². The van der Waals surface area contributed by atoms with E-state index in [1.165, 1.54) is 4.90 Å². The average molecular weight is 389 g/mol. The van der Waals surface area contributed by atoms with Crippen molar-refractivity contribution in [2.75, 3.05) is 11.9 Å². The lowest BCUT2D eigenvalue weighted by molar-refractivity contribution is -0.948. The van der Waals surface area contributed by atoms with Crippen molar-refractivity contribution in [3.63, 3.8) is 0 Å². The Balaban J connectivity index is 1.74. The molecule has 6 atom stereocenters. The van der Waals surface area contributed by atoms with Crippen LogP contribution in [-0.2, 0) is 19.9 Å². The number of rotatable bonds is 2. The topological polar surface area (TPSA) is 70.9 Å². The Kier molecular flexibility index (Phi) is 3.53. The largest absolute Gasteiger partial charge is 0.320 e. The van der Waals surface area contributed by atoms with Crippen LogP contribution in [-0.4, -0.2) is 41.2 Å². The summed E-state index contributed by atoms with van der Waals surface area (Å²) < 4.78 is 0. The fourth-order valence-electron chi connectivity index (χ4n) is 6.07. The monoisotopic (exact) mass is 388 g/mol. The Hall–Kier alpha value is -1.92. The Bertz CT molecular complexity index is 887. The second kappa shape index (κ2) is 5.55. The first-order valence-corrected chi connectivity index (χ1v) is 10.1. The fraction of sp³-hybridized carbons (Fsp3) is 0.550. The number of carbonyl (C=O) groups excluding carboxylic acids is 3. The maximum atomic E-state index is 13.5. The Morgan fingerprint density at radius 1 is 1.33 bits per heavy atom. The third kappa shape index (κ3) is 1.88. The molecule has 7 heteroatoms. The van der Waals surface area contributed by atoms with Crippen molar-refractivity contribution in [1.29, 1.82) is 0 Å². The molecule has 2 N–H and O–H groups in total. The molecule has 3 amide bonds. The van der Waals surface area contributed by atoms with Crippen molar-refractivity contribution in [1.82, 2.24) is 4.90 Å². The number of halogens is 1. The highest BCUT2D eigenvalue weighted by Crippen LogP contribution is 2.52. The molecular formula is C20H23ClN3O3+. The molecule has 0 saturated carbocycles. The summed E-state index contributed by atoms with van der Waals surface area (Å²) in [7, 11) is 0. The number of hydrogen-bond donors (Lipinski definition) is 2. The molecule has 6 nitrogen and oxygen atoms in total. The Morgan fingerprint density at radius 3 is 2.85 bits per heavy atom. The van der Waals surface area contributed by atoms with Crippen molar-refractivity contribution in [2.45, 2.75) is 50.7 Å². The number of carbonyl (C=O) groups is 3. The second-order valence-corrected chi connectivity index (χ2v) is 8.72. The minimum atomic E-state index is -1.04. The number of quaternary nitrogens is 1. The molecule has 27 heavy (non-hydrogen) atoms. The van der Waals surface area contributed by atoms with Crippen molar-refractivity contribution in [2.24, 2.45) is 11.8 Å². The maximum absolute atomic E-state index is 13.5. The lowest BCUT2D eigenvalue weighted by atomic mass is 9.75. The van der Waals surface area contributed by atoms with Gasteiger partial charge in [0.25, 0.3) is 5.91 Å². The normalized spacial score (nSPS) is 37.6. The van der Waals surface area contributed by atoms with Crippen LogP contribution in [0.4, 0.5) is 5.69 Å². The van der Waals surface area contributed by atoms with Gasteiger partial charge in [0.05, 0.1) is 12.2 Å². The summed E-state index contributed by atoms with van der Waals surface area (Å²) in [6.07, 6.45) is 2.54. The second-order valence-electron chi connectivity index (χ2n) is 8.28. The van der Waals surface area contributed by atoms with Crippen LogP contribution in [0.5, 0.6) is 0 Å². The number of anilines is 1. The van der Waals surface area contributed by atoms with Gasteiger partial charge in [0.2, 0.25) is 17.4 Å². The lowest BCUT2D eigenvalue weighted by Crippen LogP contribution is -3.19. The van der Waals surface area contributed by atoms with E-state index in [4.69, 9.17) is 11.6 Å². The van der Waals surface area contributed by atoms with Crippen LogP contribution < -0.4 is 10.2 Å². The molecular weight excluding hydrogens is 366 g/mol. The van der Waals surface area contributed by atoms with Gasteiger partial charge in [-0.05, 0) is 31.5 Å². The lowest BCUT2D eigenvalue weighted by Gasteiger charge is -2.34. The smallest absolute Gasteiger partial charge is 0.291 e. The molecule has 3 fully saturated rings. The molecule has 0 aliphatic carbocycles. The summed E-state index contributed by atoms with van der Waals surface area (Å²) >= 11 is 6.27. The molecule has 0 radical (unpaired) electrons. The highest BCUT2D eigenvalue weighted by molar-refractivity contribution is 6.31. The standard InChI is InChI=1S/C20H22ClN3O3/c1-3-10(2)24-17(25)15-14-5-4-8-23(14)20(16(15)18(24)26)12-9-11(21)6-7-13(12)22-19(20)27/h6-7,9-10,14-16H,3-5,8H2,1-2H3,(H,22,27)/p+1/t10-,14+,15-,16+,20-/m1/s1. The van der Waals surface area contributed by atoms with E-state index in [2.05, 4.69) is 5.32 Å². The highest BCUT2D eigenvalue weighted by atomic mass is 35.5. The zero-order chi connectivity index (χ0) is 19.1. The highest BCUT2D eigenvalue weighted by Gasteiger charge is 2.78. The molecule has 1 aromatic rings. The summed E-state index contributed by atoms with van der Waals surface area (Å²) in [5, 5.41) is 3.52. The van der Waals surface area contributed by atoms with Gasteiger partial charge in [0.15, 0.2) is 0 Å². The van der Waals surface area contributed by atoms with Crippen molar-refractivity contribution in [3.05, 3.63) is 28.8 Å². The summed E-state index contributed by atoms with van der Waals surface area (Å²) in [5.74, 6) is -1.51. The van der Waals surface area contributed by atoms with Gasteiger partial charge < -0.3 is 10.2 Å². The first kappa shape index (κ1) is 17.2. The van der Waals surface area contributed by atoms with E-state index in [1.807, 2.05) is 19.9 Å². The molecule has 0 bridgehead atoms. The molecule has 3 saturated heterocycles. The van der Waals surface area contributed by atoms with Crippen molar-refractivity contribution >= 4 is 35.0 Å². The maximum Gasteiger partial charge on any atom is 0.291 e. The molecule has 0 aromatic heterocycles. The minimum absolute atomic E-state index is 0.0104. The first-order chi connectivity index (χ1) is 12.9. The van der Waals surface area contributed by atoms with E-state index in [-0.39, 0.29) is 29.8 Å². The van der Waals surface area contributed by atoms with Crippen LogP contribution in [0.1, 0.15) is 38.7 Å². The zero-order valence-corrected chi connectivity index (χ0v) is 16.2. The summed E-state index contributed by atoms with van der Waals surface area (Å²) in [4.78, 5) is 42.7. The van der Waals surface area contributed by atoms with Gasteiger partial charge in [0.1, 0.15) is 17.9 Å². The molecule has 5 rings (SSSR count). The number of fused-ring (bicyclic) bond motifs is 7. The summed E-state index contributed by atoms with van der Waals surface area (Å²) in [5.41, 5.74) is 0.452. The molecule has 142 valence electrons. The van der Waals surface area contributed by atoms with E-state index in [0.29, 0.717) is 17.1 Å². The van der Waals surface area contributed by atoms with E-state index < -0.39 is 17.4 Å². The molecule has 1 spiro atoms. The third-order valence-electron chi connectivity index (χ3n) is 7.24. The van der Waals surface area contributed by atoms with Crippen LogP contribution >= 0.6 is 11.6 Å². The SMILES string of the molecule is CC[C@@H](C)N1C(=O)[C@H]2[C@@H](C1=O)[C@]1(C(=O)Nc3ccc(Cl)cc31)[NH+]1CCC[C@@H]21. The summed E-state index contributed by atoms with van der Waals surface area (Å²) in [6.45, 7) is 4.67. The molecule has 4 aliphatic rings. The first-order valence-electron chi connectivity index (χ1n) is 9.77. The van der Waals surface area contributed by atoms with E-state index >= 15 is 0 Å². The number of nitrogens with zero attached hydrogens (tertiary/aromatic N) is 1. The van der Waals surface area contributed by atoms with Crippen LogP contribution in [0.3, 0.4) is 0 Å². The van der Waals surface area contributed by atoms with Gasteiger partial charge in [-0.3, -0.25) is 19.3 Å². The van der Waals surface area contributed by atoms with Crippen LogP contribution in [0.25, 0.3) is 0 Å². The minimum Gasteiger partial charge on any atom is -0.320 e. The number of amides is 3. The van der Waals surface area contributed by atoms with Crippen LogP contribution in [0.2, 0.25) is 5.02 Å². The third-order valence-corrected chi connectivity index (χ3v) is 7.48. The van der Waals surface area contributed by atoms with E-state index in [0.717, 1.165) is 29.8 Å². The molecule has 4 heterocycles. The van der Waals surface area contributed by atoms with Gasteiger partial charge in [-0.1, -0.05) is 18.5 Å². The van der Waals surface area contributed by atoms with Gasteiger partial charge in [0, 0.05) is 29.5 Å². The summed E-state index contributed by atoms with van der Waals surface area (Å²) in [6, 6.07) is 5.21. The van der Waals surface area contributed by atoms with Gasteiger partial charge >= 0.3 is 0 Å². The average Bonchev–Trinajstić information content (AvgIpc) is 3.33. The van der Waals surface area contributed by atoms with Crippen LogP contribution in [0.15, 0.2) is 18.2 Å². The van der Waals surface area contributed by atoms with E-state index in [1.54, 1.807) is 12.1 Å². The number of imide groups is 1. The van der Waals surface area contributed by atoms with Gasteiger partial charge in [-0.25, -0.2) is 0 Å². The zero-order valence-electron chi connectivity index (χ0n) is 15.4. The predicted molar refractivity (Wildman–Crippen MR) is 99.2 cm³/mol. The number of nitrogens with one attached hydrogen (secondary N) is 2. The van der Waals surface area contributed by atoms with Gasteiger partial charge in [-0.2, -0.15) is 0 Å². The Morgan fingerprint density at radius 2 is 2.11 bits per heavy atom.